The van der Waals surface area contributed by atoms with Crippen LogP contribution >= 0.6 is 0 Å². The number of hydrogen-bond donors (Lipinski definition) is 0. The number of benzene rings is 1. The number of ether oxygens (including phenoxy) is 4. The van der Waals surface area contributed by atoms with E-state index in [9.17, 15) is 14.4 Å². The van der Waals surface area contributed by atoms with Gasteiger partial charge in [0, 0.05) is 11.1 Å². The molecular weight excluding hydrogens is 416 g/mol. The van der Waals surface area contributed by atoms with Crippen LogP contribution < -0.4 is 4.74 Å². The molecule has 1 aromatic rings. The zero-order valence-corrected chi connectivity index (χ0v) is 18.8. The van der Waals surface area contributed by atoms with Crippen molar-refractivity contribution in [2.24, 2.45) is 5.41 Å². The molecule has 9 heteroatoms. The molecule has 0 saturated carbocycles. The normalized spacial score (nSPS) is 21.0. The largest absolute Gasteiger partial charge is 0.496 e. The molecule has 2 aliphatic heterocycles. The molecule has 0 bridgehead atoms. The number of nitrogens with zero attached hydrogens (tertiary/aromatic N) is 2. The highest BCUT2D eigenvalue weighted by Crippen LogP contribution is 2.42. The van der Waals surface area contributed by atoms with Crippen molar-refractivity contribution < 1.29 is 37.9 Å². The second-order valence-electron chi connectivity index (χ2n) is 7.51. The van der Waals surface area contributed by atoms with Crippen LogP contribution in [0.2, 0.25) is 0 Å². The third kappa shape index (κ3) is 3.43. The van der Waals surface area contributed by atoms with Crippen molar-refractivity contribution in [3.05, 3.63) is 48.2 Å². The predicted molar refractivity (Wildman–Crippen MR) is 115 cm³/mol. The van der Waals surface area contributed by atoms with Crippen molar-refractivity contribution in [2.75, 3.05) is 35.5 Å². The van der Waals surface area contributed by atoms with Crippen LogP contribution in [0.15, 0.2) is 37.1 Å². The van der Waals surface area contributed by atoms with Crippen molar-refractivity contribution in [1.29, 1.82) is 0 Å². The molecule has 170 valence electrons. The monoisotopic (exact) mass is 443 g/mol. The molecule has 3 rings (SSSR count). The molecule has 0 spiro atoms. The molecule has 1 unspecified atom stereocenters. The van der Waals surface area contributed by atoms with E-state index in [4.69, 9.17) is 18.9 Å². The van der Waals surface area contributed by atoms with Crippen molar-refractivity contribution in [3.63, 3.8) is 0 Å². The quantitative estimate of drug-likeness (QED) is 0.285. The fourth-order valence-electron chi connectivity index (χ4n) is 4.34. The Balaban J connectivity index is 2.06. The minimum atomic E-state index is -1.71. The Hall–Kier alpha value is -3.62. The lowest BCUT2D eigenvalue weighted by Gasteiger charge is -2.34. The molecule has 0 aliphatic carbocycles. The summed E-state index contributed by atoms with van der Waals surface area (Å²) in [6, 6.07) is 4.13. The molecule has 1 aromatic carbocycles. The lowest BCUT2D eigenvalue weighted by molar-refractivity contribution is -0.512. The number of carbonyl (C=O) groups is 3. The van der Waals surface area contributed by atoms with Crippen LogP contribution in [0.3, 0.4) is 0 Å². The van der Waals surface area contributed by atoms with E-state index in [1.807, 2.05) is 12.1 Å². The molecule has 1 amide bonds. The Morgan fingerprint density at radius 3 is 2.31 bits per heavy atom. The van der Waals surface area contributed by atoms with Crippen molar-refractivity contribution in [2.45, 2.75) is 18.5 Å². The van der Waals surface area contributed by atoms with E-state index >= 15 is 0 Å². The van der Waals surface area contributed by atoms with Gasteiger partial charge in [-0.3, -0.25) is 19.3 Å². The van der Waals surface area contributed by atoms with Crippen LogP contribution in [0, 0.1) is 5.41 Å². The van der Waals surface area contributed by atoms with Gasteiger partial charge >= 0.3 is 11.9 Å². The molecule has 2 aliphatic rings. The lowest BCUT2D eigenvalue weighted by Crippen LogP contribution is -2.45. The number of esters is 2. The maximum absolute atomic E-state index is 13.7. The smallest absolute Gasteiger partial charge is 0.333 e. The van der Waals surface area contributed by atoms with E-state index in [2.05, 4.69) is 6.58 Å². The fourth-order valence-corrected chi connectivity index (χ4v) is 4.34. The number of rotatable bonds is 6. The van der Waals surface area contributed by atoms with Crippen LogP contribution in [0.25, 0.3) is 5.76 Å². The molecular formula is C23H27N2O7+. The maximum atomic E-state index is 13.7. The topological polar surface area (TPSA) is 94.4 Å². The summed E-state index contributed by atoms with van der Waals surface area (Å²) in [4.78, 5) is 40.3. The van der Waals surface area contributed by atoms with E-state index in [0.717, 1.165) is 11.1 Å². The van der Waals surface area contributed by atoms with Crippen LogP contribution in [0.5, 0.6) is 5.75 Å². The van der Waals surface area contributed by atoms with Gasteiger partial charge in [-0.2, -0.15) is 0 Å². The number of carbonyl (C=O) groups excluding carboxylic acids is 3. The zero-order chi connectivity index (χ0) is 23.6. The van der Waals surface area contributed by atoms with Crippen LogP contribution in [-0.4, -0.2) is 75.1 Å². The average molecular weight is 443 g/mol. The van der Waals surface area contributed by atoms with E-state index < -0.39 is 29.4 Å². The van der Waals surface area contributed by atoms with Gasteiger partial charge in [-0.1, -0.05) is 18.2 Å². The first-order valence-electron chi connectivity index (χ1n) is 9.92. The maximum Gasteiger partial charge on any atom is 0.333 e. The van der Waals surface area contributed by atoms with Crippen LogP contribution in [0.4, 0.5) is 0 Å². The Bertz CT molecular complexity index is 1010. The first-order valence-corrected chi connectivity index (χ1v) is 9.92. The Morgan fingerprint density at radius 2 is 1.78 bits per heavy atom. The second-order valence-corrected chi connectivity index (χ2v) is 7.51. The van der Waals surface area contributed by atoms with Crippen molar-refractivity contribution >= 4 is 29.8 Å². The van der Waals surface area contributed by atoms with Gasteiger partial charge in [-0.25, -0.2) is 4.58 Å². The average Bonchev–Trinajstić information content (AvgIpc) is 3.19. The SMILES string of the molecule is C=CC1c2c(OC)cccc2C(OC)=CN1C(=O)[C@@H]1CC(C(=O)OC)(C(=O)OC)C=[N+]1C. The molecule has 0 radical (unpaired) electrons. The van der Waals surface area contributed by atoms with Gasteiger partial charge in [0.05, 0.1) is 47.1 Å². The fraction of sp³-hybridized carbons (Fsp3) is 0.391. The van der Waals surface area contributed by atoms with Gasteiger partial charge < -0.3 is 18.9 Å². The third-order valence-electron chi connectivity index (χ3n) is 5.92. The molecule has 0 aromatic heterocycles. The molecule has 32 heavy (non-hydrogen) atoms. The Labute approximate surface area is 186 Å². The van der Waals surface area contributed by atoms with Gasteiger partial charge in [-0.15, -0.1) is 6.58 Å². The van der Waals surface area contributed by atoms with E-state index in [-0.39, 0.29) is 12.3 Å². The lowest BCUT2D eigenvalue weighted by atomic mass is 9.84. The highest BCUT2D eigenvalue weighted by Gasteiger charge is 2.60. The van der Waals surface area contributed by atoms with Gasteiger partial charge in [0.1, 0.15) is 18.6 Å². The highest BCUT2D eigenvalue weighted by atomic mass is 16.5. The first-order chi connectivity index (χ1) is 15.3. The number of methoxy groups -OCH3 is 4. The summed E-state index contributed by atoms with van der Waals surface area (Å²) < 4.78 is 22.3. The van der Waals surface area contributed by atoms with Crippen LogP contribution in [-0.2, 0) is 28.6 Å². The van der Waals surface area contributed by atoms with Gasteiger partial charge in [0.25, 0.3) is 5.91 Å². The predicted octanol–water partition coefficient (Wildman–Crippen LogP) is 1.53. The minimum Gasteiger partial charge on any atom is -0.496 e. The van der Waals surface area contributed by atoms with Gasteiger partial charge in [-0.05, 0) is 6.07 Å². The number of amides is 1. The molecule has 0 fully saturated rings. The van der Waals surface area contributed by atoms with E-state index in [0.29, 0.717) is 11.5 Å². The summed E-state index contributed by atoms with van der Waals surface area (Å²) >= 11 is 0. The number of hydrogen-bond acceptors (Lipinski definition) is 7. The molecule has 0 saturated heterocycles. The standard InChI is InChI=1S/C23H27N2O7/c1-7-15-19-14(9-8-10-17(19)29-3)18(30-4)12-25(15)20(26)16-11-23(13-24(16)2,21(27)31-5)22(28)32-6/h7-10,12-13,15-16H,1,11H2,2-6H3/q+1/t15?,16-/m0/s1. The van der Waals surface area contributed by atoms with Gasteiger partial charge in [0.15, 0.2) is 6.21 Å². The Kier molecular flexibility index (Phi) is 6.38. The van der Waals surface area contributed by atoms with E-state index in [1.54, 1.807) is 32.5 Å². The van der Waals surface area contributed by atoms with Crippen molar-refractivity contribution in [1.82, 2.24) is 4.90 Å². The van der Waals surface area contributed by atoms with Crippen molar-refractivity contribution in [3.8, 4) is 5.75 Å². The number of likely N-dealkylation sites (N-methyl/N-ethyl adjacent to an activating group) is 1. The second kappa shape index (κ2) is 8.86. The summed E-state index contributed by atoms with van der Waals surface area (Å²) in [5.74, 6) is -0.870. The van der Waals surface area contributed by atoms with E-state index in [1.165, 1.54) is 37.0 Å². The summed E-state index contributed by atoms with van der Waals surface area (Å²) in [6.45, 7) is 3.91. The summed E-state index contributed by atoms with van der Waals surface area (Å²) in [5, 5.41) is 0. The highest BCUT2D eigenvalue weighted by molar-refractivity contribution is 6.15. The van der Waals surface area contributed by atoms with Gasteiger partial charge in [0.2, 0.25) is 11.5 Å². The summed E-state index contributed by atoms with van der Waals surface area (Å²) in [6.07, 6.45) is 4.49. The summed E-state index contributed by atoms with van der Waals surface area (Å²) in [5.41, 5.74) is -0.193. The number of fused-ring (bicyclic) bond motifs is 1. The molecule has 9 nitrogen and oxygen atoms in total. The minimum absolute atomic E-state index is 0.128. The Morgan fingerprint density at radius 1 is 1.12 bits per heavy atom. The third-order valence-corrected chi connectivity index (χ3v) is 5.92. The molecule has 0 N–H and O–H groups in total. The van der Waals surface area contributed by atoms with Crippen LogP contribution in [0.1, 0.15) is 23.6 Å². The molecule has 2 atom stereocenters. The summed E-state index contributed by atoms with van der Waals surface area (Å²) in [7, 11) is 7.06. The first kappa shape index (κ1) is 23.1. The molecule has 2 heterocycles. The zero-order valence-electron chi connectivity index (χ0n) is 18.8.